The van der Waals surface area contributed by atoms with Gasteiger partial charge in [-0.05, 0) is 0 Å². The molecular formula is C28H38O4Sn. The second-order valence-electron chi connectivity index (χ2n) is 8.51. The average molecular weight is 557 g/mol. The molecule has 0 aromatic heterocycles. The zero-order valence-electron chi connectivity index (χ0n) is 20.6. The summed E-state index contributed by atoms with van der Waals surface area (Å²) in [6, 6.07) is 15.9. The summed E-state index contributed by atoms with van der Waals surface area (Å²) >= 11 is -0.982. The molecule has 0 N–H and O–H groups in total. The Labute approximate surface area is 209 Å². The third-order valence-electron chi connectivity index (χ3n) is 5.90. The minimum absolute atomic E-state index is 0.0204. The third-order valence-corrected chi connectivity index (χ3v) is 9.45. The molecule has 0 amide bonds. The molecule has 0 spiro atoms. The van der Waals surface area contributed by atoms with Crippen molar-refractivity contribution in [3.8, 4) is 11.5 Å². The van der Waals surface area contributed by atoms with Crippen molar-refractivity contribution in [2.45, 2.75) is 79.1 Å². The molecule has 2 aromatic carbocycles. The predicted octanol–water partition coefficient (Wildman–Crippen LogP) is 5.59. The van der Waals surface area contributed by atoms with E-state index in [4.69, 9.17) is 9.47 Å². The Hall–Kier alpha value is -1.82. The molecule has 0 saturated carbocycles. The Kier molecular flexibility index (Phi) is 12.6. The first-order valence-electron chi connectivity index (χ1n) is 12.4. The van der Waals surface area contributed by atoms with Gasteiger partial charge in [-0.1, -0.05) is 0 Å². The van der Waals surface area contributed by atoms with E-state index in [-0.39, 0.29) is 23.8 Å². The monoisotopic (exact) mass is 558 g/mol. The van der Waals surface area contributed by atoms with Crippen LogP contribution in [0.25, 0.3) is 0 Å². The van der Waals surface area contributed by atoms with Crippen LogP contribution >= 0.6 is 0 Å². The summed E-state index contributed by atoms with van der Waals surface area (Å²) in [5, 5.41) is 0. The van der Waals surface area contributed by atoms with Crippen LogP contribution in [0, 0.1) is 11.8 Å². The molecule has 4 nitrogen and oxygen atoms in total. The van der Waals surface area contributed by atoms with Gasteiger partial charge in [-0.3, -0.25) is 0 Å². The van der Waals surface area contributed by atoms with Gasteiger partial charge in [0.2, 0.25) is 0 Å². The average Bonchev–Trinajstić information content (AvgIpc) is 2.82. The van der Waals surface area contributed by atoms with Gasteiger partial charge in [-0.15, -0.1) is 0 Å². The Morgan fingerprint density at radius 1 is 0.667 bits per heavy atom. The molecule has 5 heteroatoms. The first-order chi connectivity index (χ1) is 16.0. The van der Waals surface area contributed by atoms with Gasteiger partial charge in [0.15, 0.2) is 0 Å². The van der Waals surface area contributed by atoms with Crippen LogP contribution in [0.2, 0.25) is 0 Å². The molecule has 0 heterocycles. The van der Waals surface area contributed by atoms with E-state index in [9.17, 15) is 9.59 Å². The Balaban J connectivity index is 1.89. The van der Waals surface area contributed by atoms with E-state index in [1.807, 2.05) is 38.1 Å². The van der Waals surface area contributed by atoms with Crippen molar-refractivity contribution in [2.75, 3.05) is 0 Å². The van der Waals surface area contributed by atoms with Crippen LogP contribution in [0.5, 0.6) is 11.5 Å². The van der Waals surface area contributed by atoms with E-state index in [1.54, 1.807) is 0 Å². The van der Waals surface area contributed by atoms with E-state index >= 15 is 0 Å². The summed E-state index contributed by atoms with van der Waals surface area (Å²) in [6.07, 6.45) is 7.69. The number of unbranched alkanes of at least 4 members (excludes halogenated alkanes) is 2. The number of carbonyl (C=O) groups is 2. The van der Waals surface area contributed by atoms with E-state index in [2.05, 4.69) is 38.1 Å². The molecule has 0 aliphatic rings. The van der Waals surface area contributed by atoms with Crippen molar-refractivity contribution < 1.29 is 19.1 Å². The van der Waals surface area contributed by atoms with Crippen molar-refractivity contribution >= 4 is 40.2 Å². The normalized spacial score (nSPS) is 12.7. The first-order valence-corrected chi connectivity index (χ1v) is 15.3. The molecule has 0 bridgehead atoms. The molecule has 2 atom stereocenters. The van der Waals surface area contributed by atoms with E-state index < -0.39 is 21.1 Å². The number of hydrogen-bond donors (Lipinski definition) is 0. The van der Waals surface area contributed by atoms with Gasteiger partial charge in [0.1, 0.15) is 0 Å². The maximum atomic E-state index is 12.4. The fourth-order valence-corrected chi connectivity index (χ4v) is 6.51. The summed E-state index contributed by atoms with van der Waals surface area (Å²) in [6.45, 7) is 8.35. The number of benzene rings is 2. The number of ether oxygens (including phenoxy) is 2. The van der Waals surface area contributed by atoms with Crippen LogP contribution in [0.15, 0.2) is 48.5 Å². The van der Waals surface area contributed by atoms with Crippen molar-refractivity contribution in [3.63, 3.8) is 0 Å². The molecule has 2 unspecified atom stereocenters. The molecule has 2 aromatic rings. The van der Waals surface area contributed by atoms with E-state index in [0.717, 1.165) is 51.4 Å². The zero-order chi connectivity index (χ0) is 24.1. The molecule has 0 aliphatic heterocycles. The van der Waals surface area contributed by atoms with Crippen LogP contribution < -0.4 is 16.6 Å². The summed E-state index contributed by atoms with van der Waals surface area (Å²) < 4.78 is 13.8. The number of carbonyl (C=O) groups excluding carboxylic acids is 2. The van der Waals surface area contributed by atoms with Gasteiger partial charge in [-0.2, -0.15) is 0 Å². The second-order valence-corrected chi connectivity index (χ2v) is 12.5. The number of rotatable bonds is 14. The Bertz CT molecular complexity index is 774. The third kappa shape index (κ3) is 9.52. The topological polar surface area (TPSA) is 52.6 Å². The summed E-state index contributed by atoms with van der Waals surface area (Å²) in [5.74, 6) is 0.955. The van der Waals surface area contributed by atoms with Gasteiger partial charge < -0.3 is 0 Å². The molecular weight excluding hydrogens is 519 g/mol. The fraction of sp³-hybridized carbons (Fsp3) is 0.500. The number of esters is 2. The molecule has 0 fully saturated rings. The van der Waals surface area contributed by atoms with Crippen LogP contribution in [-0.2, 0) is 9.59 Å². The summed E-state index contributed by atoms with van der Waals surface area (Å²) in [5.41, 5.74) is 0. The summed E-state index contributed by atoms with van der Waals surface area (Å²) in [4.78, 5) is 24.8. The summed E-state index contributed by atoms with van der Waals surface area (Å²) in [7, 11) is 0. The predicted molar refractivity (Wildman–Crippen MR) is 136 cm³/mol. The maximum absolute atomic E-state index is 12.4. The molecule has 2 radical (unpaired) electrons. The van der Waals surface area contributed by atoms with Gasteiger partial charge in [0.05, 0.1) is 0 Å². The minimum atomic E-state index is -0.982. The molecule has 0 saturated heterocycles. The molecule has 33 heavy (non-hydrogen) atoms. The van der Waals surface area contributed by atoms with E-state index in [0.29, 0.717) is 11.5 Å². The second kappa shape index (κ2) is 15.2. The van der Waals surface area contributed by atoms with Gasteiger partial charge in [-0.25, -0.2) is 0 Å². The van der Waals surface area contributed by atoms with Crippen molar-refractivity contribution in [2.24, 2.45) is 11.8 Å². The van der Waals surface area contributed by atoms with Crippen molar-refractivity contribution in [1.29, 1.82) is 0 Å². The van der Waals surface area contributed by atoms with Crippen molar-refractivity contribution in [1.82, 2.24) is 0 Å². The molecule has 2 rings (SSSR count). The van der Waals surface area contributed by atoms with Crippen molar-refractivity contribution in [3.05, 3.63) is 48.5 Å². The SMILES string of the molecule is CCCCC(CC)C(=O)Oc1cc[c]([Sn][c]2ccc(OC(=O)C(CC)CCCC)cc2)cc1. The van der Waals surface area contributed by atoms with Gasteiger partial charge in [0, 0.05) is 0 Å². The zero-order valence-corrected chi connectivity index (χ0v) is 23.4. The number of hydrogen-bond acceptors (Lipinski definition) is 4. The van der Waals surface area contributed by atoms with Crippen LogP contribution in [0.4, 0.5) is 0 Å². The quantitative estimate of drug-likeness (QED) is 0.173. The standard InChI is InChI=1S/2C14H19O2.Sn/c2*1-3-5-9-12(4-2)14(15)16-13-10-7-6-8-11-13;/h2*7-8,10-12H,3-5,9H2,1-2H3;. The van der Waals surface area contributed by atoms with Gasteiger partial charge in [0.25, 0.3) is 0 Å². The van der Waals surface area contributed by atoms with Crippen LogP contribution in [-0.4, -0.2) is 33.1 Å². The molecule has 178 valence electrons. The Morgan fingerprint density at radius 3 is 1.33 bits per heavy atom. The van der Waals surface area contributed by atoms with Gasteiger partial charge >= 0.3 is 210 Å². The first kappa shape index (κ1) is 27.4. The van der Waals surface area contributed by atoms with E-state index in [1.165, 1.54) is 7.16 Å². The molecule has 0 aliphatic carbocycles. The van der Waals surface area contributed by atoms with Crippen LogP contribution in [0.3, 0.4) is 0 Å². The fourth-order valence-electron chi connectivity index (χ4n) is 3.66. The van der Waals surface area contributed by atoms with Crippen LogP contribution in [0.1, 0.15) is 79.1 Å². The Morgan fingerprint density at radius 2 is 1.03 bits per heavy atom.